The van der Waals surface area contributed by atoms with Crippen molar-refractivity contribution < 1.29 is 9.53 Å². The van der Waals surface area contributed by atoms with Gasteiger partial charge in [0.25, 0.3) is 8.32 Å². The van der Waals surface area contributed by atoms with Crippen molar-refractivity contribution in [1.82, 2.24) is 9.97 Å². The molecule has 1 aromatic heterocycles. The molecule has 1 atom stereocenters. The van der Waals surface area contributed by atoms with Gasteiger partial charge in [-0.15, -0.1) is 0 Å². The van der Waals surface area contributed by atoms with E-state index in [9.17, 15) is 5.11 Å². The highest BCUT2D eigenvalue weighted by Gasteiger charge is 2.50. The van der Waals surface area contributed by atoms with Gasteiger partial charge >= 0.3 is 0 Å². The lowest BCUT2D eigenvalue weighted by Gasteiger charge is -2.43. The molecule has 0 aliphatic rings. The first kappa shape index (κ1) is 22.9. The molecule has 3 aromatic carbocycles. The predicted molar refractivity (Wildman–Crippen MR) is 136 cm³/mol. The quantitative estimate of drug-likeness (QED) is 0.368. The Morgan fingerprint density at radius 3 is 1.97 bits per heavy atom. The van der Waals surface area contributed by atoms with Gasteiger partial charge in [0.1, 0.15) is 11.8 Å². The Hall–Kier alpha value is -3.30. The maximum absolute atomic E-state index is 10.7. The molecule has 33 heavy (non-hydrogen) atoms. The third kappa shape index (κ3) is 4.89. The van der Waals surface area contributed by atoms with E-state index in [0.29, 0.717) is 5.69 Å². The summed E-state index contributed by atoms with van der Waals surface area (Å²) >= 11 is 0. The number of rotatable bonds is 5. The summed E-state index contributed by atoms with van der Waals surface area (Å²) in [7, 11) is -2.71. The molecule has 0 amide bonds. The Morgan fingerprint density at radius 1 is 0.848 bits per heavy atom. The standard InChI is InChI=1S/C28H28N2O2Si/c1-28(2,3)33(24-12-6-4-7-13-24,25-14-8-5-9-15-25)32-21-23(31)19-18-22-20-29-26-16-10-11-17-27(26)30-22/h4-17,20,23,31H,21H2,1-3H3. The lowest BCUT2D eigenvalue weighted by atomic mass is 10.2. The molecular formula is C28H28N2O2Si. The zero-order chi connectivity index (χ0) is 23.3. The van der Waals surface area contributed by atoms with Gasteiger partial charge < -0.3 is 9.53 Å². The van der Waals surface area contributed by atoms with E-state index in [4.69, 9.17) is 4.43 Å². The van der Waals surface area contributed by atoms with Crippen LogP contribution in [0.1, 0.15) is 26.5 Å². The van der Waals surface area contributed by atoms with Crippen molar-refractivity contribution in [2.24, 2.45) is 0 Å². The molecule has 1 heterocycles. The van der Waals surface area contributed by atoms with E-state index in [2.05, 4.69) is 66.8 Å². The highest BCUT2D eigenvalue weighted by atomic mass is 28.4. The van der Waals surface area contributed by atoms with Crippen LogP contribution in [0.15, 0.2) is 91.1 Å². The third-order valence-electron chi connectivity index (χ3n) is 5.69. The number of nitrogens with zero attached hydrogens (tertiary/aromatic N) is 2. The molecule has 0 saturated carbocycles. The number of para-hydroxylation sites is 2. The van der Waals surface area contributed by atoms with Crippen LogP contribution in [0.2, 0.25) is 5.04 Å². The summed E-state index contributed by atoms with van der Waals surface area (Å²) in [6.07, 6.45) is 0.685. The first-order valence-electron chi connectivity index (χ1n) is 11.1. The van der Waals surface area contributed by atoms with E-state index >= 15 is 0 Å². The predicted octanol–water partition coefficient (Wildman–Crippen LogP) is 3.92. The van der Waals surface area contributed by atoms with E-state index in [1.54, 1.807) is 6.20 Å². The van der Waals surface area contributed by atoms with Gasteiger partial charge in [0.2, 0.25) is 0 Å². The van der Waals surface area contributed by atoms with Crippen LogP contribution in [0, 0.1) is 11.8 Å². The number of aliphatic hydroxyl groups excluding tert-OH is 1. The second kappa shape index (κ2) is 9.68. The Kier molecular flexibility index (Phi) is 6.71. The van der Waals surface area contributed by atoms with Crippen LogP contribution in [-0.2, 0) is 4.43 Å². The minimum atomic E-state index is -2.71. The zero-order valence-corrected chi connectivity index (χ0v) is 20.2. The molecule has 166 valence electrons. The van der Waals surface area contributed by atoms with Crippen molar-refractivity contribution in [3.8, 4) is 11.8 Å². The van der Waals surface area contributed by atoms with E-state index in [-0.39, 0.29) is 11.6 Å². The summed E-state index contributed by atoms with van der Waals surface area (Å²) in [5.74, 6) is 5.84. The molecular weight excluding hydrogens is 424 g/mol. The molecule has 0 aliphatic heterocycles. The molecule has 4 nitrogen and oxygen atoms in total. The molecule has 1 N–H and O–H groups in total. The summed E-state index contributed by atoms with van der Waals surface area (Å²) in [5.41, 5.74) is 2.12. The van der Waals surface area contributed by atoms with E-state index < -0.39 is 14.4 Å². The van der Waals surface area contributed by atoms with Gasteiger partial charge in [-0.25, -0.2) is 4.98 Å². The lowest BCUT2D eigenvalue weighted by Crippen LogP contribution is -2.67. The monoisotopic (exact) mass is 452 g/mol. The smallest absolute Gasteiger partial charge is 0.261 e. The molecule has 4 rings (SSSR count). The van der Waals surface area contributed by atoms with Gasteiger partial charge in [0.15, 0.2) is 0 Å². The van der Waals surface area contributed by atoms with Gasteiger partial charge in [-0.3, -0.25) is 4.98 Å². The molecule has 0 bridgehead atoms. The van der Waals surface area contributed by atoms with Crippen LogP contribution in [0.25, 0.3) is 11.0 Å². The number of aliphatic hydroxyl groups is 1. The largest absolute Gasteiger partial charge is 0.404 e. The second-order valence-corrected chi connectivity index (χ2v) is 13.3. The van der Waals surface area contributed by atoms with Gasteiger partial charge in [0.05, 0.1) is 23.8 Å². The third-order valence-corrected chi connectivity index (χ3v) is 10.7. The SMILES string of the molecule is CC(C)(C)[Si](OCC(O)C#Cc1cnc2ccccc2n1)(c1ccccc1)c1ccccc1. The minimum Gasteiger partial charge on any atom is -0.404 e. The van der Waals surface area contributed by atoms with E-state index in [1.165, 1.54) is 10.4 Å². The first-order chi connectivity index (χ1) is 15.9. The molecule has 0 spiro atoms. The fourth-order valence-electron chi connectivity index (χ4n) is 4.18. The van der Waals surface area contributed by atoms with E-state index in [1.807, 2.05) is 60.7 Å². The summed E-state index contributed by atoms with van der Waals surface area (Å²) < 4.78 is 6.74. The molecule has 4 aromatic rings. The van der Waals surface area contributed by atoms with Crippen LogP contribution in [0.5, 0.6) is 0 Å². The van der Waals surface area contributed by atoms with Crippen molar-refractivity contribution in [2.45, 2.75) is 31.9 Å². The van der Waals surface area contributed by atoms with Crippen molar-refractivity contribution in [3.05, 3.63) is 96.8 Å². The van der Waals surface area contributed by atoms with Crippen LogP contribution < -0.4 is 10.4 Å². The maximum Gasteiger partial charge on any atom is 0.261 e. The summed E-state index contributed by atoms with van der Waals surface area (Å²) in [6, 6.07) is 28.4. The average Bonchev–Trinajstić information content (AvgIpc) is 2.83. The van der Waals surface area contributed by atoms with Crippen LogP contribution >= 0.6 is 0 Å². The number of hydrogen-bond acceptors (Lipinski definition) is 4. The summed E-state index contributed by atoms with van der Waals surface area (Å²) in [6.45, 7) is 6.74. The van der Waals surface area contributed by atoms with Gasteiger partial charge in [-0.1, -0.05) is 99.5 Å². The first-order valence-corrected chi connectivity index (χ1v) is 13.0. The Balaban J connectivity index is 1.63. The number of fused-ring (bicyclic) bond motifs is 1. The van der Waals surface area contributed by atoms with Gasteiger partial charge in [-0.05, 0) is 33.5 Å². The second-order valence-electron chi connectivity index (χ2n) is 9.00. The fourth-order valence-corrected chi connectivity index (χ4v) is 8.75. The molecule has 0 fully saturated rings. The number of hydrogen-bond donors (Lipinski definition) is 1. The number of aromatic nitrogens is 2. The van der Waals surface area contributed by atoms with Crippen LogP contribution in [0.3, 0.4) is 0 Å². The highest BCUT2D eigenvalue weighted by molar-refractivity contribution is 6.99. The maximum atomic E-state index is 10.7. The Labute approximate surface area is 196 Å². The van der Waals surface area contributed by atoms with Crippen molar-refractivity contribution in [2.75, 3.05) is 6.61 Å². The molecule has 1 unspecified atom stereocenters. The molecule has 0 saturated heterocycles. The molecule has 0 aliphatic carbocycles. The van der Waals surface area contributed by atoms with Crippen LogP contribution in [0.4, 0.5) is 0 Å². The Bertz CT molecular complexity index is 1240. The highest BCUT2D eigenvalue weighted by Crippen LogP contribution is 2.36. The van der Waals surface area contributed by atoms with E-state index in [0.717, 1.165) is 11.0 Å². The minimum absolute atomic E-state index is 0.112. The zero-order valence-electron chi connectivity index (χ0n) is 19.2. The Morgan fingerprint density at radius 2 is 1.39 bits per heavy atom. The fraction of sp³-hybridized carbons (Fsp3) is 0.214. The van der Waals surface area contributed by atoms with Gasteiger partial charge in [-0.2, -0.15) is 0 Å². The van der Waals surface area contributed by atoms with Crippen molar-refractivity contribution in [3.63, 3.8) is 0 Å². The summed E-state index contributed by atoms with van der Waals surface area (Å²) in [4.78, 5) is 8.90. The van der Waals surface area contributed by atoms with Crippen molar-refractivity contribution >= 4 is 29.7 Å². The summed E-state index contributed by atoms with van der Waals surface area (Å²) in [5, 5.41) is 12.9. The molecule has 5 heteroatoms. The average molecular weight is 453 g/mol. The van der Waals surface area contributed by atoms with Crippen LogP contribution in [-0.4, -0.2) is 36.1 Å². The number of benzene rings is 3. The molecule has 0 radical (unpaired) electrons. The lowest BCUT2D eigenvalue weighted by molar-refractivity contribution is 0.145. The van der Waals surface area contributed by atoms with Gasteiger partial charge in [0, 0.05) is 0 Å². The normalized spacial score (nSPS) is 12.7. The van der Waals surface area contributed by atoms with Crippen molar-refractivity contribution in [1.29, 1.82) is 0 Å². The topological polar surface area (TPSA) is 55.2 Å².